The maximum atomic E-state index is 13.5. The fraction of sp³-hybridized carbons (Fsp3) is 0.240. The number of carbonyl (C=O) groups excluding carboxylic acids is 1. The number of rotatable bonds is 7. The average Bonchev–Trinajstić information content (AvgIpc) is 2.82. The summed E-state index contributed by atoms with van der Waals surface area (Å²) < 4.78 is 39.7. The van der Waals surface area contributed by atoms with Crippen LogP contribution in [0.2, 0.25) is 5.02 Å². The molecule has 3 aromatic rings. The van der Waals surface area contributed by atoms with E-state index in [2.05, 4.69) is 5.32 Å². The molecule has 1 aliphatic rings. The monoisotopic (exact) mass is 500 g/mol. The third kappa shape index (κ3) is 5.13. The van der Waals surface area contributed by atoms with Gasteiger partial charge in [-0.1, -0.05) is 47.5 Å². The molecule has 1 atom stereocenters. The number of para-hydroxylation sites is 1. The van der Waals surface area contributed by atoms with Crippen molar-refractivity contribution in [1.29, 1.82) is 0 Å². The lowest BCUT2D eigenvalue weighted by atomic mass is 10.2. The molecule has 0 fully saturated rings. The van der Waals surface area contributed by atoms with Gasteiger partial charge in [-0.05, 0) is 55.8 Å². The highest BCUT2D eigenvalue weighted by molar-refractivity contribution is 7.92. The molecule has 178 valence electrons. The van der Waals surface area contributed by atoms with Crippen LogP contribution in [0.15, 0.2) is 71.6 Å². The van der Waals surface area contributed by atoms with Gasteiger partial charge in [-0.15, -0.1) is 0 Å². The molecule has 0 unspecified atom stereocenters. The number of amides is 1. The average molecular weight is 501 g/mol. The van der Waals surface area contributed by atoms with Gasteiger partial charge in [-0.3, -0.25) is 9.10 Å². The van der Waals surface area contributed by atoms with Crippen molar-refractivity contribution in [2.75, 3.05) is 24.0 Å². The summed E-state index contributed by atoms with van der Waals surface area (Å²) in [5.74, 6) is 0.576. The van der Waals surface area contributed by atoms with E-state index in [4.69, 9.17) is 21.1 Å². The van der Waals surface area contributed by atoms with Crippen LogP contribution < -0.4 is 19.1 Å². The lowest BCUT2D eigenvalue weighted by molar-refractivity contribution is -0.127. The number of benzene rings is 3. The summed E-state index contributed by atoms with van der Waals surface area (Å²) in [6.07, 6.45) is -1.03. The number of anilines is 1. The number of fused-ring (bicyclic) bond motifs is 1. The van der Waals surface area contributed by atoms with Crippen LogP contribution in [0, 0.1) is 13.8 Å². The lowest BCUT2D eigenvalue weighted by Crippen LogP contribution is -2.51. The topological polar surface area (TPSA) is 84.9 Å². The Morgan fingerprint density at radius 3 is 2.59 bits per heavy atom. The van der Waals surface area contributed by atoms with Gasteiger partial charge in [-0.2, -0.15) is 0 Å². The minimum atomic E-state index is -3.95. The van der Waals surface area contributed by atoms with Gasteiger partial charge in [0.1, 0.15) is 18.1 Å². The van der Waals surface area contributed by atoms with Crippen molar-refractivity contribution in [2.24, 2.45) is 0 Å². The fourth-order valence-electron chi connectivity index (χ4n) is 3.59. The second-order valence-corrected chi connectivity index (χ2v) is 10.3. The molecule has 4 rings (SSSR count). The third-order valence-corrected chi connectivity index (χ3v) is 7.47. The van der Waals surface area contributed by atoms with Gasteiger partial charge in [0.15, 0.2) is 6.10 Å². The molecule has 0 aliphatic carbocycles. The van der Waals surface area contributed by atoms with Crippen LogP contribution in [-0.4, -0.2) is 40.1 Å². The summed E-state index contributed by atoms with van der Waals surface area (Å²) in [6, 6.07) is 18.8. The number of hydrogen-bond acceptors (Lipinski definition) is 5. The number of nitrogens with zero attached hydrogens (tertiary/aromatic N) is 1. The Kier molecular flexibility index (Phi) is 7.00. The zero-order valence-electron chi connectivity index (χ0n) is 18.8. The molecule has 34 heavy (non-hydrogen) atoms. The fourth-order valence-corrected chi connectivity index (χ4v) is 5.23. The number of sulfonamides is 1. The molecule has 0 radical (unpaired) electrons. The number of halogens is 1. The Balaban J connectivity index is 1.50. The van der Waals surface area contributed by atoms with Gasteiger partial charge in [0.2, 0.25) is 0 Å². The highest BCUT2D eigenvalue weighted by Gasteiger charge is 2.37. The summed E-state index contributed by atoms with van der Waals surface area (Å²) in [4.78, 5) is 13.0. The van der Waals surface area contributed by atoms with Gasteiger partial charge < -0.3 is 14.8 Å². The van der Waals surface area contributed by atoms with Gasteiger partial charge in [0, 0.05) is 5.02 Å². The highest BCUT2D eigenvalue weighted by atomic mass is 35.5. The van der Waals surface area contributed by atoms with Crippen molar-refractivity contribution < 1.29 is 22.7 Å². The highest BCUT2D eigenvalue weighted by Crippen LogP contribution is 2.38. The summed E-state index contributed by atoms with van der Waals surface area (Å²) in [5.41, 5.74) is 2.23. The number of hydrogen-bond donors (Lipinski definition) is 1. The van der Waals surface area contributed by atoms with Crippen molar-refractivity contribution in [1.82, 2.24) is 5.32 Å². The first-order chi connectivity index (χ1) is 16.3. The van der Waals surface area contributed by atoms with Gasteiger partial charge in [0.25, 0.3) is 15.9 Å². The minimum absolute atomic E-state index is 0.122. The van der Waals surface area contributed by atoms with E-state index >= 15 is 0 Å². The van der Waals surface area contributed by atoms with E-state index in [1.165, 1.54) is 10.4 Å². The second kappa shape index (κ2) is 9.95. The molecule has 7 nitrogen and oxygen atoms in total. The Hall–Kier alpha value is -3.23. The molecule has 1 heterocycles. The first-order valence-electron chi connectivity index (χ1n) is 10.8. The maximum Gasteiger partial charge on any atom is 0.264 e. The van der Waals surface area contributed by atoms with E-state index in [1.807, 2.05) is 38.1 Å². The van der Waals surface area contributed by atoms with Crippen molar-refractivity contribution in [2.45, 2.75) is 24.8 Å². The molecule has 0 spiro atoms. The van der Waals surface area contributed by atoms with Crippen LogP contribution in [0.5, 0.6) is 11.5 Å². The largest absolute Gasteiger partial charge is 0.491 e. The zero-order valence-corrected chi connectivity index (χ0v) is 20.4. The van der Waals surface area contributed by atoms with Crippen LogP contribution in [-0.2, 0) is 14.8 Å². The molecule has 0 saturated heterocycles. The Bertz CT molecular complexity index is 1290. The number of carbonyl (C=O) groups is 1. The Morgan fingerprint density at radius 2 is 1.85 bits per heavy atom. The summed E-state index contributed by atoms with van der Waals surface area (Å²) in [7, 11) is -3.95. The smallest absolute Gasteiger partial charge is 0.264 e. The van der Waals surface area contributed by atoms with E-state index < -0.39 is 22.0 Å². The lowest BCUT2D eigenvalue weighted by Gasteiger charge is -2.34. The standard InChI is InChI=1S/C25H25ClN2O5S/c1-17-7-10-20(11-8-17)34(30,31)28-16-24(33-23-12-9-19(26)15-21(23)28)25(29)27-13-14-32-22-6-4-3-5-18(22)2/h3-12,15,24H,13-14,16H2,1-2H3,(H,27,29)/t24-/m0/s1. The molecular formula is C25H25ClN2O5S. The summed E-state index contributed by atoms with van der Waals surface area (Å²) in [6.45, 7) is 4.14. The summed E-state index contributed by atoms with van der Waals surface area (Å²) >= 11 is 6.13. The maximum absolute atomic E-state index is 13.5. The van der Waals surface area contributed by atoms with Crippen molar-refractivity contribution in [3.05, 3.63) is 82.9 Å². The van der Waals surface area contributed by atoms with Crippen LogP contribution in [0.25, 0.3) is 0 Å². The van der Waals surface area contributed by atoms with Crippen LogP contribution in [0.1, 0.15) is 11.1 Å². The Morgan fingerprint density at radius 1 is 1.12 bits per heavy atom. The van der Waals surface area contributed by atoms with E-state index in [9.17, 15) is 13.2 Å². The van der Waals surface area contributed by atoms with Crippen LogP contribution >= 0.6 is 11.6 Å². The molecule has 9 heteroatoms. The van der Waals surface area contributed by atoms with Crippen LogP contribution in [0.3, 0.4) is 0 Å². The predicted molar refractivity (Wildman–Crippen MR) is 131 cm³/mol. The molecule has 3 aromatic carbocycles. The van der Waals surface area contributed by atoms with Gasteiger partial charge >= 0.3 is 0 Å². The Labute approximate surface area is 204 Å². The molecule has 0 bridgehead atoms. The first kappa shape index (κ1) is 23.9. The quantitative estimate of drug-likeness (QED) is 0.493. The molecule has 0 saturated carbocycles. The SMILES string of the molecule is Cc1ccc(S(=O)(=O)N2C[C@@H](C(=O)NCCOc3ccccc3C)Oc3ccc(Cl)cc32)cc1. The van der Waals surface area contributed by atoms with E-state index in [0.29, 0.717) is 10.7 Å². The number of ether oxygens (including phenoxy) is 2. The molecular weight excluding hydrogens is 476 g/mol. The predicted octanol–water partition coefficient (Wildman–Crippen LogP) is 4.11. The number of aryl methyl sites for hydroxylation is 2. The number of nitrogens with one attached hydrogen (secondary N) is 1. The van der Waals surface area contributed by atoms with Crippen molar-refractivity contribution in [3.8, 4) is 11.5 Å². The van der Waals surface area contributed by atoms with Crippen LogP contribution in [0.4, 0.5) is 5.69 Å². The van der Waals surface area contributed by atoms with E-state index in [-0.39, 0.29) is 30.3 Å². The van der Waals surface area contributed by atoms with Gasteiger partial charge in [-0.25, -0.2) is 8.42 Å². The van der Waals surface area contributed by atoms with E-state index in [1.54, 1.807) is 36.4 Å². The van der Waals surface area contributed by atoms with E-state index in [0.717, 1.165) is 16.9 Å². The third-order valence-electron chi connectivity index (χ3n) is 5.44. The summed E-state index contributed by atoms with van der Waals surface area (Å²) in [5, 5.41) is 3.13. The molecule has 1 N–H and O–H groups in total. The minimum Gasteiger partial charge on any atom is -0.491 e. The van der Waals surface area contributed by atoms with Crippen molar-refractivity contribution in [3.63, 3.8) is 0 Å². The first-order valence-corrected chi connectivity index (χ1v) is 12.6. The van der Waals surface area contributed by atoms with Crippen molar-refractivity contribution >= 4 is 33.2 Å². The normalized spacial score (nSPS) is 15.3. The second-order valence-electron chi connectivity index (χ2n) is 7.97. The molecule has 1 amide bonds. The van der Waals surface area contributed by atoms with Gasteiger partial charge in [0.05, 0.1) is 23.7 Å². The molecule has 1 aliphatic heterocycles. The zero-order chi connectivity index (χ0) is 24.3. The molecule has 0 aromatic heterocycles.